The van der Waals surface area contributed by atoms with E-state index >= 15 is 0 Å². The van der Waals surface area contributed by atoms with Crippen LogP contribution in [-0.4, -0.2) is 27.1 Å². The summed E-state index contributed by atoms with van der Waals surface area (Å²) in [5, 5.41) is 0. The molecular weight excluding hydrogens is 320 g/mol. The zero-order valence-electron chi connectivity index (χ0n) is 14.0. The summed E-state index contributed by atoms with van der Waals surface area (Å²) in [6.45, 7) is 0.577. The summed E-state index contributed by atoms with van der Waals surface area (Å²) in [5.41, 5.74) is 3.04. The first-order valence-corrected chi connectivity index (χ1v) is 8.30. The second kappa shape index (κ2) is 5.43. The number of hydrogen-bond donors (Lipinski definition) is 0. The third-order valence-electron chi connectivity index (χ3n) is 5.03. The molecule has 25 heavy (non-hydrogen) atoms. The van der Waals surface area contributed by atoms with Crippen LogP contribution in [-0.2, 0) is 4.74 Å². The molecule has 128 valence electrons. The molecule has 0 aliphatic carbocycles. The Bertz CT molecular complexity index is 873. The van der Waals surface area contributed by atoms with Gasteiger partial charge in [0.2, 0.25) is 6.29 Å². The van der Waals surface area contributed by atoms with Crippen molar-refractivity contribution in [1.29, 1.82) is 0 Å². The van der Waals surface area contributed by atoms with Crippen molar-refractivity contribution in [3.05, 3.63) is 53.1 Å². The average molecular weight is 338 g/mol. The molecule has 3 heterocycles. The van der Waals surface area contributed by atoms with Crippen LogP contribution in [0.25, 0.3) is 6.08 Å². The zero-order valence-corrected chi connectivity index (χ0v) is 14.0. The molecule has 0 amide bonds. The third-order valence-corrected chi connectivity index (χ3v) is 5.03. The Labute approximate surface area is 145 Å². The predicted octanol–water partition coefficient (Wildman–Crippen LogP) is 3.68. The van der Waals surface area contributed by atoms with Crippen molar-refractivity contribution in [2.45, 2.75) is 18.3 Å². The fourth-order valence-corrected chi connectivity index (χ4v) is 3.86. The van der Waals surface area contributed by atoms with E-state index in [4.69, 9.17) is 23.7 Å². The van der Waals surface area contributed by atoms with E-state index in [1.54, 1.807) is 14.2 Å². The number of fused-ring (bicyclic) bond motifs is 7. The monoisotopic (exact) mass is 338 g/mol. The normalized spacial score (nSPS) is 24.8. The first-order chi connectivity index (χ1) is 12.3. The standard InChI is InChI=1S/C20H18O5/c1-21-11-5-6-12-16(10-11)24-19-14-7-8-15-13(4-3-9-23-15)18(14)25-20(22-2)17(12)19/h3-8,10,17,19-20H,9H2,1-2H3. The molecule has 0 bridgehead atoms. The van der Waals surface area contributed by atoms with E-state index in [1.165, 1.54) is 0 Å². The molecule has 0 radical (unpaired) electrons. The van der Waals surface area contributed by atoms with E-state index in [1.807, 2.05) is 42.5 Å². The molecule has 0 N–H and O–H groups in total. The Kier molecular flexibility index (Phi) is 3.18. The van der Waals surface area contributed by atoms with Crippen LogP contribution < -0.4 is 18.9 Å². The van der Waals surface area contributed by atoms with Crippen molar-refractivity contribution in [2.24, 2.45) is 0 Å². The molecule has 5 nitrogen and oxygen atoms in total. The lowest BCUT2D eigenvalue weighted by Gasteiger charge is -2.35. The van der Waals surface area contributed by atoms with Gasteiger partial charge in [0, 0.05) is 24.3 Å². The quantitative estimate of drug-likeness (QED) is 0.836. The maximum Gasteiger partial charge on any atom is 0.210 e. The fraction of sp³-hybridized carbons (Fsp3) is 0.300. The van der Waals surface area contributed by atoms with Crippen LogP contribution in [0.3, 0.4) is 0 Å². The lowest BCUT2D eigenvalue weighted by Crippen LogP contribution is -2.35. The number of benzene rings is 2. The van der Waals surface area contributed by atoms with Crippen LogP contribution in [0.15, 0.2) is 36.4 Å². The van der Waals surface area contributed by atoms with Crippen LogP contribution in [0.2, 0.25) is 0 Å². The van der Waals surface area contributed by atoms with Crippen molar-refractivity contribution in [1.82, 2.24) is 0 Å². The summed E-state index contributed by atoms with van der Waals surface area (Å²) in [6, 6.07) is 9.90. The highest BCUT2D eigenvalue weighted by Gasteiger charge is 2.48. The van der Waals surface area contributed by atoms with Crippen molar-refractivity contribution >= 4 is 6.08 Å². The molecule has 3 atom stereocenters. The number of hydrogen-bond acceptors (Lipinski definition) is 5. The van der Waals surface area contributed by atoms with Gasteiger partial charge >= 0.3 is 0 Å². The van der Waals surface area contributed by atoms with Crippen molar-refractivity contribution < 1.29 is 23.7 Å². The summed E-state index contributed by atoms with van der Waals surface area (Å²) in [6.07, 6.45) is 3.44. The van der Waals surface area contributed by atoms with Gasteiger partial charge in [-0.2, -0.15) is 0 Å². The fourth-order valence-electron chi connectivity index (χ4n) is 3.86. The number of rotatable bonds is 2. The van der Waals surface area contributed by atoms with Crippen LogP contribution in [0.1, 0.15) is 28.7 Å². The molecule has 0 aromatic heterocycles. The Hall–Kier alpha value is -2.66. The highest BCUT2D eigenvalue weighted by Crippen LogP contribution is 2.56. The van der Waals surface area contributed by atoms with E-state index in [9.17, 15) is 0 Å². The molecule has 3 aliphatic heterocycles. The summed E-state index contributed by atoms with van der Waals surface area (Å²) in [7, 11) is 3.31. The first-order valence-electron chi connectivity index (χ1n) is 8.30. The van der Waals surface area contributed by atoms with E-state index in [0.29, 0.717) is 6.61 Å². The van der Waals surface area contributed by atoms with Crippen molar-refractivity contribution in [3.63, 3.8) is 0 Å². The summed E-state index contributed by atoms with van der Waals surface area (Å²) >= 11 is 0. The second-order valence-electron chi connectivity index (χ2n) is 6.30. The minimum absolute atomic E-state index is 0.0232. The highest BCUT2D eigenvalue weighted by molar-refractivity contribution is 5.69. The van der Waals surface area contributed by atoms with Gasteiger partial charge in [0.25, 0.3) is 0 Å². The Morgan fingerprint density at radius 3 is 2.72 bits per heavy atom. The summed E-state index contributed by atoms with van der Waals surface area (Å²) in [5.74, 6) is 3.17. The lowest BCUT2D eigenvalue weighted by atomic mass is 9.86. The van der Waals surface area contributed by atoms with E-state index in [0.717, 1.165) is 39.7 Å². The van der Waals surface area contributed by atoms with Crippen LogP contribution in [0, 0.1) is 0 Å². The predicted molar refractivity (Wildman–Crippen MR) is 91.5 cm³/mol. The molecule has 0 saturated heterocycles. The van der Waals surface area contributed by atoms with Gasteiger partial charge in [-0.15, -0.1) is 0 Å². The van der Waals surface area contributed by atoms with E-state index < -0.39 is 6.29 Å². The average Bonchev–Trinajstić information content (AvgIpc) is 3.05. The zero-order chi connectivity index (χ0) is 17.0. The van der Waals surface area contributed by atoms with Crippen LogP contribution in [0.4, 0.5) is 0 Å². The van der Waals surface area contributed by atoms with Gasteiger partial charge < -0.3 is 23.7 Å². The molecule has 3 unspecified atom stereocenters. The smallest absolute Gasteiger partial charge is 0.210 e. The maximum absolute atomic E-state index is 6.30. The molecule has 5 heteroatoms. The van der Waals surface area contributed by atoms with Crippen LogP contribution in [0.5, 0.6) is 23.0 Å². The Morgan fingerprint density at radius 2 is 1.88 bits per heavy atom. The maximum atomic E-state index is 6.30. The number of methoxy groups -OCH3 is 2. The third kappa shape index (κ3) is 2.05. The molecule has 0 spiro atoms. The van der Waals surface area contributed by atoms with Gasteiger partial charge in [-0.3, -0.25) is 0 Å². The molecule has 0 fully saturated rings. The van der Waals surface area contributed by atoms with Crippen molar-refractivity contribution in [2.75, 3.05) is 20.8 Å². The van der Waals surface area contributed by atoms with Gasteiger partial charge in [0.15, 0.2) is 0 Å². The summed E-state index contributed by atoms with van der Waals surface area (Å²) < 4.78 is 29.2. The van der Waals surface area contributed by atoms with Gasteiger partial charge in [0.1, 0.15) is 35.7 Å². The highest BCUT2D eigenvalue weighted by atomic mass is 16.7. The molecule has 3 aliphatic rings. The molecule has 2 aromatic carbocycles. The van der Waals surface area contributed by atoms with Gasteiger partial charge in [0.05, 0.1) is 18.6 Å². The second-order valence-corrected chi connectivity index (χ2v) is 6.30. The summed E-state index contributed by atoms with van der Waals surface area (Å²) in [4.78, 5) is 0. The first kappa shape index (κ1) is 14.7. The lowest BCUT2D eigenvalue weighted by molar-refractivity contribution is -0.0996. The molecule has 0 saturated carbocycles. The van der Waals surface area contributed by atoms with Crippen molar-refractivity contribution in [3.8, 4) is 23.0 Å². The molecule has 2 aromatic rings. The van der Waals surface area contributed by atoms with Crippen LogP contribution >= 0.6 is 0 Å². The van der Waals surface area contributed by atoms with E-state index in [-0.39, 0.29) is 12.0 Å². The van der Waals surface area contributed by atoms with Gasteiger partial charge in [-0.25, -0.2) is 0 Å². The topological polar surface area (TPSA) is 46.2 Å². The van der Waals surface area contributed by atoms with Gasteiger partial charge in [-0.1, -0.05) is 6.07 Å². The minimum atomic E-state index is -0.422. The molecular formula is C20H18O5. The molecule has 5 rings (SSSR count). The Morgan fingerprint density at radius 1 is 1.00 bits per heavy atom. The SMILES string of the molecule is COc1ccc2c(c1)OC1c3ccc4c(c3OC(OC)C21)C=CCO4. The van der Waals surface area contributed by atoms with Gasteiger partial charge in [-0.05, 0) is 30.4 Å². The largest absolute Gasteiger partial charge is 0.497 e. The Balaban J connectivity index is 1.65. The minimum Gasteiger partial charge on any atom is -0.497 e. The number of ether oxygens (including phenoxy) is 5. The van der Waals surface area contributed by atoms with E-state index in [2.05, 4.69) is 0 Å².